The zero-order valence-corrected chi connectivity index (χ0v) is 25.4. The van der Waals surface area contributed by atoms with Crippen molar-refractivity contribution in [2.24, 2.45) is 5.92 Å². The number of ether oxygens (including phenoxy) is 1. The van der Waals surface area contributed by atoms with Crippen molar-refractivity contribution in [1.29, 1.82) is 0 Å². The molecule has 8 heteroatoms. The van der Waals surface area contributed by atoms with E-state index in [4.69, 9.17) is 16.3 Å². The summed E-state index contributed by atoms with van der Waals surface area (Å²) in [4.78, 5) is 35.7. The van der Waals surface area contributed by atoms with Gasteiger partial charge in [-0.15, -0.1) is 0 Å². The molecule has 0 bridgehead atoms. The highest BCUT2D eigenvalue weighted by Crippen LogP contribution is 2.29. The molecule has 0 saturated heterocycles. The number of nitrogens with zero attached hydrogens (tertiary/aromatic N) is 4. The highest BCUT2D eigenvalue weighted by atomic mass is 35.5. The molecule has 1 aliphatic heterocycles. The van der Waals surface area contributed by atoms with E-state index in [0.29, 0.717) is 49.2 Å². The molecule has 2 aromatic rings. The van der Waals surface area contributed by atoms with Crippen molar-refractivity contribution in [3.05, 3.63) is 58.1 Å². The molecule has 3 rings (SSSR count). The maximum absolute atomic E-state index is 14.0. The summed E-state index contributed by atoms with van der Waals surface area (Å²) >= 11 is 6.46. The van der Waals surface area contributed by atoms with Crippen LogP contribution in [0.4, 0.5) is 5.69 Å². The largest absolute Gasteiger partial charge is 0.496 e. The van der Waals surface area contributed by atoms with Gasteiger partial charge in [-0.3, -0.25) is 14.5 Å². The van der Waals surface area contributed by atoms with Gasteiger partial charge in [0.1, 0.15) is 5.75 Å². The standard InChI is InChI=1S/C31H45ClN4O3/c1-22(2)17-30(37)36-14-8-13-34(23(3)4)15-16-35(21-25-9-11-27(32)19-28(25)36)31(38)24-10-12-29(39-7)26(18-24)20-33(5)6/h9-12,18-19,22-23H,8,13-17,20-21H2,1-7H3. The van der Waals surface area contributed by atoms with Gasteiger partial charge in [-0.1, -0.05) is 31.5 Å². The number of hydrogen-bond donors (Lipinski definition) is 0. The summed E-state index contributed by atoms with van der Waals surface area (Å²) in [5, 5.41) is 0.580. The zero-order chi connectivity index (χ0) is 28.7. The van der Waals surface area contributed by atoms with Gasteiger partial charge in [0.15, 0.2) is 0 Å². The molecule has 0 spiro atoms. The summed E-state index contributed by atoms with van der Waals surface area (Å²) in [5.41, 5.74) is 3.31. The lowest BCUT2D eigenvalue weighted by molar-refractivity contribution is -0.119. The van der Waals surface area contributed by atoms with Crippen molar-refractivity contribution in [1.82, 2.24) is 14.7 Å². The second-order valence-electron chi connectivity index (χ2n) is 11.4. The van der Waals surface area contributed by atoms with Crippen molar-refractivity contribution in [2.45, 2.75) is 59.7 Å². The molecule has 0 saturated carbocycles. The molecule has 2 amide bonds. The van der Waals surface area contributed by atoms with Gasteiger partial charge in [0.25, 0.3) is 5.91 Å². The van der Waals surface area contributed by atoms with Crippen molar-refractivity contribution in [3.8, 4) is 5.75 Å². The molecule has 0 fully saturated rings. The Morgan fingerprint density at radius 3 is 2.38 bits per heavy atom. The normalized spacial score (nSPS) is 15.5. The van der Waals surface area contributed by atoms with Crippen molar-refractivity contribution >= 4 is 29.1 Å². The summed E-state index contributed by atoms with van der Waals surface area (Å²) in [6.07, 6.45) is 1.30. The fourth-order valence-corrected chi connectivity index (χ4v) is 5.25. The summed E-state index contributed by atoms with van der Waals surface area (Å²) in [7, 11) is 5.64. The van der Waals surface area contributed by atoms with Crippen molar-refractivity contribution < 1.29 is 14.3 Å². The van der Waals surface area contributed by atoms with Crippen LogP contribution in [0.1, 0.15) is 62.0 Å². The molecule has 0 aromatic heterocycles. The van der Waals surface area contributed by atoms with E-state index >= 15 is 0 Å². The molecule has 1 heterocycles. The maximum Gasteiger partial charge on any atom is 0.254 e. The molecular formula is C31H45ClN4O3. The monoisotopic (exact) mass is 556 g/mol. The minimum atomic E-state index is -0.0402. The number of fused-ring (bicyclic) bond motifs is 1. The second-order valence-corrected chi connectivity index (χ2v) is 11.8. The lowest BCUT2D eigenvalue weighted by Crippen LogP contribution is -2.41. The Morgan fingerprint density at radius 1 is 1.00 bits per heavy atom. The van der Waals surface area contributed by atoms with Crippen LogP contribution in [0.2, 0.25) is 5.02 Å². The van der Waals surface area contributed by atoms with E-state index in [1.54, 1.807) is 7.11 Å². The number of methoxy groups -OCH3 is 1. The molecule has 39 heavy (non-hydrogen) atoms. The summed E-state index contributed by atoms with van der Waals surface area (Å²) in [5.74, 6) is 1.06. The van der Waals surface area contributed by atoms with Gasteiger partial charge in [-0.25, -0.2) is 0 Å². The molecule has 0 unspecified atom stereocenters. The van der Waals surface area contributed by atoms with E-state index in [-0.39, 0.29) is 17.7 Å². The maximum atomic E-state index is 14.0. The Bertz CT molecular complexity index is 1130. The van der Waals surface area contributed by atoms with Gasteiger partial charge in [0, 0.05) is 67.9 Å². The molecule has 0 aliphatic carbocycles. The molecular weight excluding hydrogens is 512 g/mol. The van der Waals surface area contributed by atoms with Crippen LogP contribution in [0.25, 0.3) is 0 Å². The number of benzene rings is 2. The molecule has 214 valence electrons. The third-order valence-electron chi connectivity index (χ3n) is 7.10. The lowest BCUT2D eigenvalue weighted by atomic mass is 10.1. The first-order valence-corrected chi connectivity index (χ1v) is 14.3. The van der Waals surface area contributed by atoms with Gasteiger partial charge in [0.05, 0.1) is 12.8 Å². The van der Waals surface area contributed by atoms with E-state index in [2.05, 4.69) is 37.5 Å². The molecule has 7 nitrogen and oxygen atoms in total. The van der Waals surface area contributed by atoms with Crippen LogP contribution >= 0.6 is 11.6 Å². The SMILES string of the molecule is COc1ccc(C(=O)N2CCN(C(C)C)CCCN(C(=O)CC(C)C)c3cc(Cl)ccc3C2)cc1CN(C)C. The smallest absolute Gasteiger partial charge is 0.254 e. The zero-order valence-electron chi connectivity index (χ0n) is 24.7. The summed E-state index contributed by atoms with van der Waals surface area (Å²) < 4.78 is 5.56. The van der Waals surface area contributed by atoms with E-state index in [9.17, 15) is 9.59 Å². The number of rotatable bonds is 7. The fraction of sp³-hybridized carbons (Fsp3) is 0.548. The van der Waals surface area contributed by atoms with Crippen LogP contribution < -0.4 is 9.64 Å². The van der Waals surface area contributed by atoms with Gasteiger partial charge in [0.2, 0.25) is 5.91 Å². The van der Waals surface area contributed by atoms with E-state index in [1.807, 2.05) is 60.3 Å². The first-order chi connectivity index (χ1) is 18.5. The quantitative estimate of drug-likeness (QED) is 0.448. The van der Waals surface area contributed by atoms with Crippen LogP contribution in [0.15, 0.2) is 36.4 Å². The third kappa shape index (κ3) is 8.44. The first-order valence-electron chi connectivity index (χ1n) is 13.9. The highest BCUT2D eigenvalue weighted by Gasteiger charge is 2.26. The van der Waals surface area contributed by atoms with Gasteiger partial charge >= 0.3 is 0 Å². The molecule has 1 aliphatic rings. The topological polar surface area (TPSA) is 56.3 Å². The fourth-order valence-electron chi connectivity index (χ4n) is 5.09. The van der Waals surface area contributed by atoms with Gasteiger partial charge < -0.3 is 19.4 Å². The predicted molar refractivity (Wildman–Crippen MR) is 160 cm³/mol. The Morgan fingerprint density at radius 2 is 1.74 bits per heavy atom. The molecule has 0 N–H and O–H groups in total. The minimum absolute atomic E-state index is 0.0402. The van der Waals surface area contributed by atoms with Crippen LogP contribution in [0.3, 0.4) is 0 Å². The summed E-state index contributed by atoms with van der Waals surface area (Å²) in [6.45, 7) is 12.3. The average Bonchev–Trinajstić information content (AvgIpc) is 2.90. The lowest BCUT2D eigenvalue weighted by Gasteiger charge is -2.30. The molecule has 2 aromatic carbocycles. The average molecular weight is 557 g/mol. The Labute approximate surface area is 239 Å². The minimum Gasteiger partial charge on any atom is -0.496 e. The van der Waals surface area contributed by atoms with Crippen LogP contribution in [-0.2, 0) is 17.9 Å². The van der Waals surface area contributed by atoms with Crippen LogP contribution in [0.5, 0.6) is 5.75 Å². The Balaban J connectivity index is 2.05. The Hall–Kier alpha value is -2.61. The van der Waals surface area contributed by atoms with Crippen LogP contribution in [-0.4, -0.2) is 79.9 Å². The molecule has 0 atom stereocenters. The highest BCUT2D eigenvalue weighted by molar-refractivity contribution is 6.31. The third-order valence-corrected chi connectivity index (χ3v) is 7.33. The van der Waals surface area contributed by atoms with Crippen molar-refractivity contribution in [2.75, 3.05) is 52.3 Å². The number of carbonyl (C=O) groups is 2. The van der Waals surface area contributed by atoms with Gasteiger partial charge in [-0.2, -0.15) is 0 Å². The second kappa shape index (κ2) is 14.1. The van der Waals surface area contributed by atoms with Crippen molar-refractivity contribution in [3.63, 3.8) is 0 Å². The predicted octanol–water partition coefficient (Wildman–Crippen LogP) is 5.55. The summed E-state index contributed by atoms with van der Waals surface area (Å²) in [6, 6.07) is 11.7. The molecule has 0 radical (unpaired) electrons. The number of amides is 2. The number of anilines is 1. The van der Waals surface area contributed by atoms with E-state index in [1.165, 1.54) is 0 Å². The Kier molecular flexibility index (Phi) is 11.2. The number of halogens is 1. The first kappa shape index (κ1) is 30.9. The van der Waals surface area contributed by atoms with E-state index < -0.39 is 0 Å². The van der Waals surface area contributed by atoms with E-state index in [0.717, 1.165) is 42.1 Å². The van der Waals surface area contributed by atoms with Crippen LogP contribution in [0, 0.1) is 5.92 Å². The number of hydrogen-bond acceptors (Lipinski definition) is 5. The van der Waals surface area contributed by atoms with Gasteiger partial charge in [-0.05, 0) is 76.2 Å². The number of carbonyl (C=O) groups excluding carboxylic acids is 2.